The maximum atomic E-state index is 4.14. The summed E-state index contributed by atoms with van der Waals surface area (Å²) in [5, 5.41) is 12.0. The molecule has 0 amide bonds. The zero-order chi connectivity index (χ0) is 11.5. The second-order valence-corrected chi connectivity index (χ2v) is 4.27. The van der Waals surface area contributed by atoms with Gasteiger partial charge < -0.3 is 4.90 Å². The van der Waals surface area contributed by atoms with Gasteiger partial charge in [0.05, 0.1) is 5.69 Å². The Morgan fingerprint density at radius 2 is 1.71 bits per heavy atom. The van der Waals surface area contributed by atoms with E-state index in [0.29, 0.717) is 0 Å². The molecule has 0 bridgehead atoms. The van der Waals surface area contributed by atoms with E-state index in [1.807, 2.05) is 35.0 Å². The fraction of sp³-hybridized carbons (Fsp3) is 0.417. The SMILES string of the molecule is c1ccc(-n2nnnc2N2CCCCC2)cc1. The third-order valence-corrected chi connectivity index (χ3v) is 3.09. The van der Waals surface area contributed by atoms with Crippen molar-refractivity contribution in [3.63, 3.8) is 0 Å². The van der Waals surface area contributed by atoms with Crippen molar-refractivity contribution in [3.8, 4) is 5.69 Å². The molecule has 0 spiro atoms. The van der Waals surface area contributed by atoms with Crippen LogP contribution >= 0.6 is 0 Å². The lowest BCUT2D eigenvalue weighted by molar-refractivity contribution is 0.563. The minimum absolute atomic E-state index is 0.857. The van der Waals surface area contributed by atoms with Gasteiger partial charge in [0.25, 0.3) is 0 Å². The first-order valence-corrected chi connectivity index (χ1v) is 6.04. The second kappa shape index (κ2) is 4.53. The van der Waals surface area contributed by atoms with Crippen molar-refractivity contribution in [3.05, 3.63) is 30.3 Å². The predicted octanol–water partition coefficient (Wildman–Crippen LogP) is 1.65. The average Bonchev–Trinajstić information content (AvgIpc) is 2.90. The highest BCUT2D eigenvalue weighted by Gasteiger charge is 2.18. The first-order valence-electron chi connectivity index (χ1n) is 6.04. The number of hydrogen-bond acceptors (Lipinski definition) is 4. The van der Waals surface area contributed by atoms with Crippen LogP contribution in [-0.4, -0.2) is 33.3 Å². The maximum absolute atomic E-state index is 4.14. The van der Waals surface area contributed by atoms with Crippen LogP contribution in [0.1, 0.15) is 19.3 Å². The molecule has 3 rings (SSSR count). The second-order valence-electron chi connectivity index (χ2n) is 4.27. The number of rotatable bonds is 2. The number of aromatic nitrogens is 4. The molecule has 2 heterocycles. The van der Waals surface area contributed by atoms with Gasteiger partial charge in [0.2, 0.25) is 5.95 Å². The molecule has 1 aromatic heterocycles. The van der Waals surface area contributed by atoms with E-state index in [-0.39, 0.29) is 0 Å². The fourth-order valence-electron chi connectivity index (χ4n) is 2.21. The molecule has 1 aromatic carbocycles. The molecule has 2 aromatic rings. The summed E-state index contributed by atoms with van der Waals surface area (Å²) in [6, 6.07) is 10.0. The number of benzene rings is 1. The minimum Gasteiger partial charge on any atom is -0.339 e. The van der Waals surface area contributed by atoms with Gasteiger partial charge >= 0.3 is 0 Å². The van der Waals surface area contributed by atoms with E-state index in [1.165, 1.54) is 19.3 Å². The van der Waals surface area contributed by atoms with Gasteiger partial charge in [0.15, 0.2) is 0 Å². The summed E-state index contributed by atoms with van der Waals surface area (Å²) in [6.45, 7) is 2.10. The molecule has 1 saturated heterocycles. The molecule has 0 radical (unpaired) electrons. The van der Waals surface area contributed by atoms with Gasteiger partial charge in [-0.3, -0.25) is 0 Å². The van der Waals surface area contributed by atoms with Crippen LogP contribution < -0.4 is 4.90 Å². The number of piperidine rings is 1. The van der Waals surface area contributed by atoms with Gasteiger partial charge in [-0.1, -0.05) is 23.3 Å². The smallest absolute Gasteiger partial charge is 0.250 e. The minimum atomic E-state index is 0.857. The van der Waals surface area contributed by atoms with E-state index >= 15 is 0 Å². The molecular weight excluding hydrogens is 214 g/mol. The molecule has 1 aliphatic heterocycles. The molecule has 0 aliphatic carbocycles. The first-order chi connectivity index (χ1) is 8.45. The van der Waals surface area contributed by atoms with Crippen molar-refractivity contribution < 1.29 is 0 Å². The summed E-state index contributed by atoms with van der Waals surface area (Å²) < 4.78 is 1.81. The van der Waals surface area contributed by atoms with Crippen LogP contribution in [0, 0.1) is 0 Å². The van der Waals surface area contributed by atoms with E-state index in [9.17, 15) is 0 Å². The molecule has 5 heteroatoms. The van der Waals surface area contributed by atoms with Crippen molar-refractivity contribution in [1.82, 2.24) is 20.2 Å². The average molecular weight is 229 g/mol. The number of anilines is 1. The van der Waals surface area contributed by atoms with E-state index in [1.54, 1.807) is 0 Å². The van der Waals surface area contributed by atoms with Crippen LogP contribution in [0.2, 0.25) is 0 Å². The van der Waals surface area contributed by atoms with E-state index in [0.717, 1.165) is 24.7 Å². The Morgan fingerprint density at radius 3 is 2.47 bits per heavy atom. The Morgan fingerprint density at radius 1 is 0.941 bits per heavy atom. The van der Waals surface area contributed by atoms with Crippen LogP contribution in [0.3, 0.4) is 0 Å². The van der Waals surface area contributed by atoms with Crippen molar-refractivity contribution in [2.24, 2.45) is 0 Å². The van der Waals surface area contributed by atoms with Gasteiger partial charge in [-0.25, -0.2) is 0 Å². The number of tetrazole rings is 1. The van der Waals surface area contributed by atoms with E-state index < -0.39 is 0 Å². The number of para-hydroxylation sites is 1. The standard InChI is InChI=1S/C12H15N5/c1-3-7-11(8-4-1)17-12(13-14-15-17)16-9-5-2-6-10-16/h1,3-4,7-8H,2,5-6,9-10H2. The zero-order valence-corrected chi connectivity index (χ0v) is 9.66. The van der Waals surface area contributed by atoms with Gasteiger partial charge in [-0.05, 0) is 41.8 Å². The normalized spacial score (nSPS) is 16.1. The molecule has 0 saturated carbocycles. The van der Waals surface area contributed by atoms with Crippen LogP contribution in [0.5, 0.6) is 0 Å². The molecule has 5 nitrogen and oxygen atoms in total. The largest absolute Gasteiger partial charge is 0.339 e. The summed E-state index contributed by atoms with van der Waals surface area (Å²) in [5.41, 5.74) is 1.01. The first kappa shape index (κ1) is 10.3. The molecule has 0 atom stereocenters. The van der Waals surface area contributed by atoms with Crippen molar-refractivity contribution in [2.45, 2.75) is 19.3 Å². The van der Waals surface area contributed by atoms with Gasteiger partial charge in [0.1, 0.15) is 0 Å². The van der Waals surface area contributed by atoms with E-state index in [4.69, 9.17) is 0 Å². The fourth-order valence-corrected chi connectivity index (χ4v) is 2.21. The third-order valence-electron chi connectivity index (χ3n) is 3.09. The van der Waals surface area contributed by atoms with Gasteiger partial charge in [0, 0.05) is 13.1 Å². The topological polar surface area (TPSA) is 46.8 Å². The summed E-state index contributed by atoms with van der Waals surface area (Å²) in [5.74, 6) is 0.857. The van der Waals surface area contributed by atoms with Crippen molar-refractivity contribution >= 4 is 5.95 Å². The lowest BCUT2D eigenvalue weighted by atomic mass is 10.1. The lowest BCUT2D eigenvalue weighted by Crippen LogP contribution is -2.31. The summed E-state index contributed by atoms with van der Waals surface area (Å²) in [6.07, 6.45) is 3.76. The molecule has 1 aliphatic rings. The number of hydrogen-bond donors (Lipinski definition) is 0. The van der Waals surface area contributed by atoms with Crippen LogP contribution in [-0.2, 0) is 0 Å². The van der Waals surface area contributed by atoms with Crippen LogP contribution in [0.15, 0.2) is 30.3 Å². The zero-order valence-electron chi connectivity index (χ0n) is 9.66. The summed E-state index contributed by atoms with van der Waals surface area (Å²) in [4.78, 5) is 2.26. The highest BCUT2D eigenvalue weighted by Crippen LogP contribution is 2.19. The lowest BCUT2D eigenvalue weighted by Gasteiger charge is -2.26. The number of nitrogens with zero attached hydrogens (tertiary/aromatic N) is 5. The summed E-state index contributed by atoms with van der Waals surface area (Å²) >= 11 is 0. The Kier molecular flexibility index (Phi) is 2.73. The molecular formula is C12H15N5. The molecule has 88 valence electrons. The Labute approximate surface area is 100 Å². The Bertz CT molecular complexity index is 473. The molecule has 0 unspecified atom stereocenters. The quantitative estimate of drug-likeness (QED) is 0.785. The van der Waals surface area contributed by atoms with Crippen LogP contribution in [0.4, 0.5) is 5.95 Å². The van der Waals surface area contributed by atoms with Gasteiger partial charge in [-0.2, -0.15) is 4.68 Å². The third kappa shape index (κ3) is 2.00. The van der Waals surface area contributed by atoms with Crippen LogP contribution in [0.25, 0.3) is 5.69 Å². The van der Waals surface area contributed by atoms with E-state index in [2.05, 4.69) is 20.4 Å². The molecule has 17 heavy (non-hydrogen) atoms. The molecule has 0 N–H and O–H groups in total. The highest BCUT2D eigenvalue weighted by molar-refractivity contribution is 5.40. The Hall–Kier alpha value is -1.91. The van der Waals surface area contributed by atoms with Gasteiger partial charge in [-0.15, -0.1) is 0 Å². The van der Waals surface area contributed by atoms with Crippen molar-refractivity contribution in [1.29, 1.82) is 0 Å². The molecule has 1 fully saturated rings. The highest BCUT2D eigenvalue weighted by atomic mass is 15.6. The Balaban J connectivity index is 1.93. The maximum Gasteiger partial charge on any atom is 0.250 e. The monoisotopic (exact) mass is 229 g/mol. The summed E-state index contributed by atoms with van der Waals surface area (Å²) in [7, 11) is 0. The predicted molar refractivity (Wildman–Crippen MR) is 65.2 cm³/mol. The van der Waals surface area contributed by atoms with Crippen molar-refractivity contribution in [2.75, 3.05) is 18.0 Å².